The number of aromatic nitrogens is 1. The first-order chi connectivity index (χ1) is 8.44. The van der Waals surface area contributed by atoms with Crippen LogP contribution in [-0.4, -0.2) is 12.0 Å². The Labute approximate surface area is 121 Å². The Morgan fingerprint density at radius 1 is 1.22 bits per heavy atom. The standard InChI is InChI=1S/C14H17BrN2S/c1-9-12(14(2,3)16-4)18-13(17-9)10-5-7-11(15)8-6-10/h5-8,16H,1-4H3. The minimum Gasteiger partial charge on any atom is -0.310 e. The molecule has 96 valence electrons. The number of hydrogen-bond acceptors (Lipinski definition) is 3. The predicted molar refractivity (Wildman–Crippen MR) is 82.1 cm³/mol. The Kier molecular flexibility index (Phi) is 3.90. The number of aryl methyl sites for hydroxylation is 1. The van der Waals surface area contributed by atoms with Crippen molar-refractivity contribution in [1.82, 2.24) is 10.3 Å². The highest BCUT2D eigenvalue weighted by Crippen LogP contribution is 2.34. The van der Waals surface area contributed by atoms with Crippen molar-refractivity contribution in [2.45, 2.75) is 26.3 Å². The molecule has 2 aromatic rings. The maximum atomic E-state index is 4.69. The van der Waals surface area contributed by atoms with Gasteiger partial charge in [-0.05, 0) is 40.0 Å². The molecular weight excluding hydrogens is 308 g/mol. The Morgan fingerprint density at radius 2 is 1.83 bits per heavy atom. The second kappa shape index (κ2) is 5.11. The van der Waals surface area contributed by atoms with Crippen LogP contribution in [0, 0.1) is 6.92 Å². The van der Waals surface area contributed by atoms with Gasteiger partial charge in [-0.2, -0.15) is 0 Å². The van der Waals surface area contributed by atoms with E-state index in [1.165, 1.54) is 10.4 Å². The van der Waals surface area contributed by atoms with Crippen LogP contribution in [0.25, 0.3) is 10.6 Å². The molecule has 2 nitrogen and oxygen atoms in total. The second-order valence-corrected chi connectivity index (χ2v) is 6.73. The summed E-state index contributed by atoms with van der Waals surface area (Å²) in [5.41, 5.74) is 2.25. The van der Waals surface area contributed by atoms with E-state index in [1.54, 1.807) is 11.3 Å². The molecule has 2 rings (SSSR count). The van der Waals surface area contributed by atoms with Crippen LogP contribution in [-0.2, 0) is 5.54 Å². The number of halogens is 1. The summed E-state index contributed by atoms with van der Waals surface area (Å²) in [6, 6.07) is 8.29. The van der Waals surface area contributed by atoms with E-state index < -0.39 is 0 Å². The average Bonchev–Trinajstić information content (AvgIpc) is 2.73. The Hall–Kier alpha value is -0.710. The summed E-state index contributed by atoms with van der Waals surface area (Å²) in [6.45, 7) is 6.44. The lowest BCUT2D eigenvalue weighted by Gasteiger charge is -2.22. The van der Waals surface area contributed by atoms with E-state index in [1.807, 2.05) is 7.05 Å². The fourth-order valence-corrected chi connectivity index (χ4v) is 3.25. The lowest BCUT2D eigenvalue weighted by molar-refractivity contribution is 0.450. The van der Waals surface area contributed by atoms with Gasteiger partial charge in [0, 0.05) is 20.5 Å². The van der Waals surface area contributed by atoms with Gasteiger partial charge in [0.15, 0.2) is 0 Å². The highest BCUT2D eigenvalue weighted by molar-refractivity contribution is 9.10. The van der Waals surface area contributed by atoms with Crippen molar-refractivity contribution in [3.05, 3.63) is 39.3 Å². The predicted octanol–water partition coefficient (Wildman–Crippen LogP) is 4.34. The summed E-state index contributed by atoms with van der Waals surface area (Å²) in [4.78, 5) is 5.98. The third-order valence-corrected chi connectivity index (χ3v) is 5.14. The summed E-state index contributed by atoms with van der Waals surface area (Å²) in [7, 11) is 1.98. The van der Waals surface area contributed by atoms with E-state index >= 15 is 0 Å². The van der Waals surface area contributed by atoms with Gasteiger partial charge >= 0.3 is 0 Å². The van der Waals surface area contributed by atoms with Crippen molar-refractivity contribution in [2.24, 2.45) is 0 Å². The van der Waals surface area contributed by atoms with Crippen LogP contribution < -0.4 is 5.32 Å². The number of thiazole rings is 1. The summed E-state index contributed by atoms with van der Waals surface area (Å²) < 4.78 is 1.09. The molecule has 0 aliphatic heterocycles. The highest BCUT2D eigenvalue weighted by atomic mass is 79.9. The maximum Gasteiger partial charge on any atom is 0.123 e. The van der Waals surface area contributed by atoms with Crippen molar-refractivity contribution in [3.8, 4) is 10.6 Å². The molecule has 0 aliphatic rings. The van der Waals surface area contributed by atoms with Gasteiger partial charge in [0.25, 0.3) is 0 Å². The molecule has 0 bridgehead atoms. The molecule has 0 aliphatic carbocycles. The van der Waals surface area contributed by atoms with Crippen LogP contribution in [0.15, 0.2) is 28.7 Å². The van der Waals surface area contributed by atoms with E-state index in [9.17, 15) is 0 Å². The van der Waals surface area contributed by atoms with Crippen LogP contribution >= 0.6 is 27.3 Å². The van der Waals surface area contributed by atoms with Gasteiger partial charge < -0.3 is 5.32 Å². The molecule has 1 aromatic heterocycles. The highest BCUT2D eigenvalue weighted by Gasteiger charge is 2.24. The zero-order chi connectivity index (χ0) is 13.3. The van der Waals surface area contributed by atoms with Crippen LogP contribution in [0.1, 0.15) is 24.4 Å². The number of nitrogens with zero attached hydrogens (tertiary/aromatic N) is 1. The van der Waals surface area contributed by atoms with E-state index in [4.69, 9.17) is 0 Å². The third-order valence-electron chi connectivity index (χ3n) is 3.08. The lowest BCUT2D eigenvalue weighted by atomic mass is 10.0. The number of nitrogens with one attached hydrogen (secondary N) is 1. The molecule has 0 amide bonds. The summed E-state index contributed by atoms with van der Waals surface area (Å²) in [5, 5.41) is 4.42. The molecule has 1 N–H and O–H groups in total. The molecule has 18 heavy (non-hydrogen) atoms. The molecule has 0 radical (unpaired) electrons. The second-order valence-electron chi connectivity index (χ2n) is 4.82. The molecule has 0 spiro atoms. The van der Waals surface area contributed by atoms with Crippen molar-refractivity contribution >= 4 is 27.3 Å². The van der Waals surface area contributed by atoms with Gasteiger partial charge in [0.1, 0.15) is 5.01 Å². The quantitative estimate of drug-likeness (QED) is 0.908. The maximum absolute atomic E-state index is 4.69. The van der Waals surface area contributed by atoms with Crippen molar-refractivity contribution in [1.29, 1.82) is 0 Å². The van der Waals surface area contributed by atoms with Crippen LogP contribution in [0.5, 0.6) is 0 Å². The first-order valence-electron chi connectivity index (χ1n) is 5.87. The van der Waals surface area contributed by atoms with Crippen LogP contribution in [0.3, 0.4) is 0 Å². The first kappa shape index (κ1) is 13.7. The van der Waals surface area contributed by atoms with E-state index in [-0.39, 0.29) is 5.54 Å². The van der Waals surface area contributed by atoms with Gasteiger partial charge in [-0.25, -0.2) is 4.98 Å². The smallest absolute Gasteiger partial charge is 0.123 e. The average molecular weight is 325 g/mol. The molecular formula is C14H17BrN2S. The zero-order valence-electron chi connectivity index (χ0n) is 11.0. The van der Waals surface area contributed by atoms with Crippen molar-refractivity contribution in [3.63, 3.8) is 0 Å². The van der Waals surface area contributed by atoms with E-state index in [0.29, 0.717) is 0 Å². The van der Waals surface area contributed by atoms with E-state index in [0.717, 1.165) is 15.2 Å². The molecule has 4 heteroatoms. The SMILES string of the molecule is CNC(C)(C)c1sc(-c2ccc(Br)cc2)nc1C. The van der Waals surface area contributed by atoms with Crippen LogP contribution in [0.4, 0.5) is 0 Å². The number of rotatable bonds is 3. The zero-order valence-corrected chi connectivity index (χ0v) is 13.4. The Bertz CT molecular complexity index is 543. The summed E-state index contributed by atoms with van der Waals surface area (Å²) in [6.07, 6.45) is 0. The molecule has 0 fully saturated rings. The van der Waals surface area contributed by atoms with E-state index in [2.05, 4.69) is 71.3 Å². The largest absolute Gasteiger partial charge is 0.310 e. The van der Waals surface area contributed by atoms with Gasteiger partial charge in [-0.15, -0.1) is 11.3 Å². The Morgan fingerprint density at radius 3 is 2.39 bits per heavy atom. The summed E-state index contributed by atoms with van der Waals surface area (Å²) >= 11 is 5.21. The third kappa shape index (κ3) is 2.66. The van der Waals surface area contributed by atoms with Gasteiger partial charge in [-0.1, -0.05) is 28.1 Å². The monoisotopic (exact) mass is 324 g/mol. The fourth-order valence-electron chi connectivity index (χ4n) is 1.81. The topological polar surface area (TPSA) is 24.9 Å². The minimum absolute atomic E-state index is 0.0324. The molecule has 0 saturated heterocycles. The Balaban J connectivity index is 2.43. The van der Waals surface area contributed by atoms with Gasteiger partial charge in [-0.3, -0.25) is 0 Å². The molecule has 0 unspecified atom stereocenters. The fraction of sp³-hybridized carbons (Fsp3) is 0.357. The van der Waals surface area contributed by atoms with Gasteiger partial charge in [0.05, 0.1) is 5.69 Å². The number of benzene rings is 1. The van der Waals surface area contributed by atoms with Gasteiger partial charge in [0.2, 0.25) is 0 Å². The van der Waals surface area contributed by atoms with Crippen LogP contribution in [0.2, 0.25) is 0 Å². The first-order valence-corrected chi connectivity index (χ1v) is 7.48. The lowest BCUT2D eigenvalue weighted by Crippen LogP contribution is -2.32. The molecule has 1 heterocycles. The minimum atomic E-state index is -0.0324. The van der Waals surface area contributed by atoms with Crippen molar-refractivity contribution in [2.75, 3.05) is 7.05 Å². The molecule has 0 atom stereocenters. The molecule has 1 aromatic carbocycles. The molecule has 0 saturated carbocycles. The van der Waals surface area contributed by atoms with Crippen molar-refractivity contribution < 1.29 is 0 Å². The number of hydrogen-bond donors (Lipinski definition) is 1. The summed E-state index contributed by atoms with van der Waals surface area (Å²) in [5.74, 6) is 0. The normalized spacial score (nSPS) is 11.8.